The second kappa shape index (κ2) is 5.61. The molecule has 1 unspecified atom stereocenters. The molecule has 116 valence electrons. The monoisotopic (exact) mass is 313 g/mol. The predicted molar refractivity (Wildman–Crippen MR) is 80.6 cm³/mol. The molecule has 2 atom stereocenters. The Labute approximate surface area is 126 Å². The number of hydrogen-bond acceptors (Lipinski definition) is 6. The quantitative estimate of drug-likeness (QED) is 0.651. The highest BCUT2D eigenvalue weighted by atomic mass is 32.1. The van der Waals surface area contributed by atoms with Gasteiger partial charge >= 0.3 is 5.69 Å². The van der Waals surface area contributed by atoms with E-state index in [9.17, 15) is 20.0 Å². The zero-order chi connectivity index (χ0) is 15.8. The molecule has 0 radical (unpaired) electrons. The minimum Gasteiger partial charge on any atom is -0.388 e. The minimum absolute atomic E-state index is 0.00273. The van der Waals surface area contributed by atoms with E-state index in [1.807, 2.05) is 11.8 Å². The Morgan fingerprint density at radius 1 is 1.67 bits per heavy atom. The number of carbonyl (C=O) groups is 1. The average molecular weight is 313 g/mol. The van der Waals surface area contributed by atoms with Crippen LogP contribution >= 0.6 is 11.3 Å². The number of nitrogens with one attached hydrogen (secondary N) is 1. The number of rotatable bonds is 4. The molecule has 0 bridgehead atoms. The topological polar surface area (TPSA) is 95.7 Å². The molecule has 1 aliphatic heterocycles. The van der Waals surface area contributed by atoms with Crippen LogP contribution in [0.4, 0.5) is 10.7 Å². The van der Waals surface area contributed by atoms with Crippen LogP contribution in [-0.2, 0) is 4.79 Å². The molecular formula is C13H19N3O4S. The van der Waals surface area contributed by atoms with E-state index < -0.39 is 16.4 Å². The lowest BCUT2D eigenvalue weighted by molar-refractivity contribution is -0.383. The van der Waals surface area contributed by atoms with Gasteiger partial charge in [0.2, 0.25) is 5.91 Å². The van der Waals surface area contributed by atoms with Crippen molar-refractivity contribution in [3.63, 3.8) is 0 Å². The standard InChI is InChI=1S/C13H19N3O4S/c1-8(17)10-6-9(16(19)20)11(21-10)15-5-4-13(2,7-15)12(18)14-3/h6,8,17H,4-5,7H2,1-3H3,(H,14,18)/t8-,13?/m0/s1. The molecule has 1 aliphatic rings. The van der Waals surface area contributed by atoms with Crippen molar-refractivity contribution in [1.29, 1.82) is 0 Å². The molecule has 1 saturated heterocycles. The number of aliphatic hydroxyl groups excluding tert-OH is 1. The van der Waals surface area contributed by atoms with E-state index in [0.717, 1.165) is 0 Å². The smallest absolute Gasteiger partial charge is 0.304 e. The van der Waals surface area contributed by atoms with Gasteiger partial charge in [-0.3, -0.25) is 14.9 Å². The molecule has 2 heterocycles. The van der Waals surface area contributed by atoms with Crippen molar-refractivity contribution in [2.24, 2.45) is 5.41 Å². The van der Waals surface area contributed by atoms with Gasteiger partial charge in [-0.25, -0.2) is 0 Å². The first-order valence-corrected chi connectivity index (χ1v) is 7.53. The Bertz CT molecular complexity index is 572. The van der Waals surface area contributed by atoms with Crippen molar-refractivity contribution >= 4 is 27.9 Å². The molecular weight excluding hydrogens is 294 g/mol. The zero-order valence-corrected chi connectivity index (χ0v) is 13.1. The fourth-order valence-corrected chi connectivity index (χ4v) is 3.66. The number of hydrogen-bond donors (Lipinski definition) is 2. The fraction of sp³-hybridized carbons (Fsp3) is 0.615. The summed E-state index contributed by atoms with van der Waals surface area (Å²) in [5, 5.41) is 24.0. The summed E-state index contributed by atoms with van der Waals surface area (Å²) >= 11 is 1.22. The van der Waals surface area contributed by atoms with E-state index in [1.165, 1.54) is 17.4 Å². The summed E-state index contributed by atoms with van der Waals surface area (Å²) < 4.78 is 0. The molecule has 0 aliphatic carbocycles. The molecule has 2 N–H and O–H groups in total. The summed E-state index contributed by atoms with van der Waals surface area (Å²) in [5.41, 5.74) is -0.547. The summed E-state index contributed by atoms with van der Waals surface area (Å²) in [6, 6.07) is 1.42. The third kappa shape index (κ3) is 2.86. The van der Waals surface area contributed by atoms with Gasteiger partial charge in [0.25, 0.3) is 0 Å². The Morgan fingerprint density at radius 2 is 2.33 bits per heavy atom. The molecule has 1 amide bonds. The largest absolute Gasteiger partial charge is 0.388 e. The maximum atomic E-state index is 11.9. The Hall–Kier alpha value is -1.67. The van der Waals surface area contributed by atoms with Crippen LogP contribution in [0.3, 0.4) is 0 Å². The first kappa shape index (κ1) is 15.7. The molecule has 0 aromatic carbocycles. The van der Waals surface area contributed by atoms with Gasteiger partial charge in [-0.2, -0.15) is 0 Å². The van der Waals surface area contributed by atoms with Gasteiger partial charge in [-0.15, -0.1) is 11.3 Å². The van der Waals surface area contributed by atoms with Crippen LogP contribution in [0.1, 0.15) is 31.2 Å². The number of nitrogens with zero attached hydrogens (tertiary/aromatic N) is 2. The number of aliphatic hydroxyl groups is 1. The minimum atomic E-state index is -0.740. The Balaban J connectivity index is 2.31. The van der Waals surface area contributed by atoms with Gasteiger partial charge in [0.05, 0.1) is 16.4 Å². The molecule has 1 aromatic rings. The van der Waals surface area contributed by atoms with Gasteiger partial charge in [0.1, 0.15) is 0 Å². The van der Waals surface area contributed by atoms with E-state index in [2.05, 4.69) is 5.32 Å². The summed E-state index contributed by atoms with van der Waals surface area (Å²) in [6.07, 6.45) is -0.0958. The lowest BCUT2D eigenvalue weighted by Gasteiger charge is -2.22. The van der Waals surface area contributed by atoms with E-state index in [-0.39, 0.29) is 11.6 Å². The van der Waals surface area contributed by atoms with E-state index in [0.29, 0.717) is 29.4 Å². The third-order valence-corrected chi connectivity index (χ3v) is 5.21. The number of amides is 1. The molecule has 0 saturated carbocycles. The van der Waals surface area contributed by atoms with Crippen molar-refractivity contribution in [2.45, 2.75) is 26.4 Å². The van der Waals surface area contributed by atoms with Crippen LogP contribution in [0.25, 0.3) is 0 Å². The number of carbonyl (C=O) groups excluding carboxylic acids is 1. The molecule has 21 heavy (non-hydrogen) atoms. The van der Waals surface area contributed by atoms with Gasteiger partial charge in [0.15, 0.2) is 5.00 Å². The first-order chi connectivity index (χ1) is 9.78. The van der Waals surface area contributed by atoms with Crippen LogP contribution in [0.5, 0.6) is 0 Å². The van der Waals surface area contributed by atoms with Crippen molar-refractivity contribution < 1.29 is 14.8 Å². The van der Waals surface area contributed by atoms with Gasteiger partial charge in [0, 0.05) is 31.1 Å². The van der Waals surface area contributed by atoms with Crippen molar-refractivity contribution in [3.05, 3.63) is 21.1 Å². The van der Waals surface area contributed by atoms with E-state index >= 15 is 0 Å². The lowest BCUT2D eigenvalue weighted by Crippen LogP contribution is -2.39. The summed E-state index contributed by atoms with van der Waals surface area (Å²) in [4.78, 5) is 25.1. The maximum absolute atomic E-state index is 11.9. The van der Waals surface area contributed by atoms with Crippen LogP contribution < -0.4 is 10.2 Å². The second-order valence-corrected chi connectivity index (χ2v) is 6.65. The summed E-state index contributed by atoms with van der Waals surface area (Å²) in [5.74, 6) is -0.0556. The first-order valence-electron chi connectivity index (χ1n) is 6.72. The van der Waals surface area contributed by atoms with Crippen LogP contribution in [0, 0.1) is 15.5 Å². The van der Waals surface area contributed by atoms with Gasteiger partial charge in [-0.05, 0) is 20.3 Å². The second-order valence-electron chi connectivity index (χ2n) is 5.58. The lowest BCUT2D eigenvalue weighted by atomic mass is 9.89. The van der Waals surface area contributed by atoms with Crippen LogP contribution in [0.15, 0.2) is 6.07 Å². The fourth-order valence-electron chi connectivity index (χ4n) is 2.57. The highest BCUT2D eigenvalue weighted by Crippen LogP contribution is 2.44. The maximum Gasteiger partial charge on any atom is 0.304 e. The van der Waals surface area contributed by atoms with Crippen molar-refractivity contribution in [1.82, 2.24) is 5.32 Å². The van der Waals surface area contributed by atoms with Crippen molar-refractivity contribution in [3.8, 4) is 0 Å². The molecule has 2 rings (SSSR count). The van der Waals surface area contributed by atoms with E-state index in [4.69, 9.17) is 0 Å². The highest BCUT2D eigenvalue weighted by Gasteiger charge is 2.42. The van der Waals surface area contributed by atoms with Crippen LogP contribution in [-0.4, -0.2) is 36.1 Å². The van der Waals surface area contributed by atoms with E-state index in [1.54, 1.807) is 14.0 Å². The predicted octanol–water partition coefficient (Wildman–Crippen LogP) is 1.67. The number of anilines is 1. The average Bonchev–Trinajstić information content (AvgIpc) is 3.02. The molecule has 0 spiro atoms. The highest BCUT2D eigenvalue weighted by molar-refractivity contribution is 7.16. The summed E-state index contributed by atoms with van der Waals surface area (Å²) in [6.45, 7) is 4.47. The van der Waals surface area contributed by atoms with Crippen LogP contribution in [0.2, 0.25) is 0 Å². The number of thiophene rings is 1. The SMILES string of the molecule is CNC(=O)C1(C)CCN(c2sc([C@H](C)O)cc2[N+](=O)[O-])C1. The van der Waals surface area contributed by atoms with Crippen molar-refractivity contribution in [2.75, 3.05) is 25.0 Å². The number of nitro groups is 1. The van der Waals surface area contributed by atoms with Gasteiger partial charge < -0.3 is 15.3 Å². The van der Waals surface area contributed by atoms with Gasteiger partial charge in [-0.1, -0.05) is 0 Å². The normalized spacial score (nSPS) is 23.1. The summed E-state index contributed by atoms with van der Waals surface area (Å²) in [7, 11) is 1.59. The Kier molecular flexibility index (Phi) is 4.20. The molecule has 1 fully saturated rings. The third-order valence-electron chi connectivity index (χ3n) is 3.86. The molecule has 8 heteroatoms. The molecule has 7 nitrogen and oxygen atoms in total. The Morgan fingerprint density at radius 3 is 2.86 bits per heavy atom. The zero-order valence-electron chi connectivity index (χ0n) is 12.3. The molecule has 1 aromatic heterocycles.